The molecule has 5 heteroatoms. The van der Waals surface area contributed by atoms with Crippen LogP contribution in [0.2, 0.25) is 0 Å². The fourth-order valence-corrected chi connectivity index (χ4v) is 2.13. The van der Waals surface area contributed by atoms with Gasteiger partial charge in [-0.15, -0.1) is 0 Å². The summed E-state index contributed by atoms with van der Waals surface area (Å²) in [6.07, 6.45) is 0.698. The first-order valence-corrected chi connectivity index (χ1v) is 7.44. The minimum Gasteiger partial charge on any atom is -0.480 e. The monoisotopic (exact) mass is 341 g/mol. The Labute approximate surface area is 127 Å². The molecule has 0 aromatic heterocycles. The van der Waals surface area contributed by atoms with Gasteiger partial charge < -0.3 is 10.4 Å². The van der Waals surface area contributed by atoms with Gasteiger partial charge in [0.2, 0.25) is 5.91 Å². The van der Waals surface area contributed by atoms with Crippen LogP contribution in [0, 0.1) is 5.92 Å². The fourth-order valence-electron chi connectivity index (χ4n) is 1.86. The van der Waals surface area contributed by atoms with Crippen molar-refractivity contribution in [3.63, 3.8) is 0 Å². The van der Waals surface area contributed by atoms with Crippen molar-refractivity contribution in [2.45, 2.75) is 39.2 Å². The molecule has 0 radical (unpaired) electrons. The molecule has 1 aromatic rings. The Kier molecular flexibility index (Phi) is 6.20. The van der Waals surface area contributed by atoms with Crippen LogP contribution in [-0.2, 0) is 9.59 Å². The van der Waals surface area contributed by atoms with Crippen LogP contribution in [0.25, 0.3) is 0 Å². The fraction of sp³-hybridized carbons (Fsp3) is 0.467. The van der Waals surface area contributed by atoms with Gasteiger partial charge in [0, 0.05) is 4.47 Å². The number of carbonyl (C=O) groups excluding carboxylic acids is 1. The summed E-state index contributed by atoms with van der Waals surface area (Å²) in [5.74, 6) is -1.74. The highest BCUT2D eigenvalue weighted by molar-refractivity contribution is 9.10. The number of hydrogen-bond donors (Lipinski definition) is 2. The van der Waals surface area contributed by atoms with E-state index in [1.807, 2.05) is 38.1 Å². The highest BCUT2D eigenvalue weighted by Crippen LogP contribution is 2.19. The number of carbonyl (C=O) groups is 2. The molecule has 4 nitrogen and oxygen atoms in total. The number of hydrogen-bond acceptors (Lipinski definition) is 2. The summed E-state index contributed by atoms with van der Waals surface area (Å²) in [5, 5.41) is 11.8. The lowest BCUT2D eigenvalue weighted by Gasteiger charge is -2.22. The minimum absolute atomic E-state index is 0.103. The number of carboxylic acid groups (broad SMARTS) is 1. The van der Waals surface area contributed by atoms with Gasteiger partial charge in [-0.05, 0) is 30.5 Å². The van der Waals surface area contributed by atoms with Crippen molar-refractivity contribution in [2.75, 3.05) is 0 Å². The lowest BCUT2D eigenvalue weighted by molar-refractivity contribution is -0.143. The molecule has 1 amide bonds. The molecule has 0 aliphatic rings. The molecular formula is C15H20BrNO3. The molecule has 20 heavy (non-hydrogen) atoms. The lowest BCUT2D eigenvalue weighted by Crippen LogP contribution is -2.46. The van der Waals surface area contributed by atoms with Crippen molar-refractivity contribution in [2.24, 2.45) is 5.92 Å². The van der Waals surface area contributed by atoms with Gasteiger partial charge in [-0.1, -0.05) is 48.3 Å². The quantitative estimate of drug-likeness (QED) is 0.835. The van der Waals surface area contributed by atoms with E-state index in [1.165, 1.54) is 0 Å². The van der Waals surface area contributed by atoms with Gasteiger partial charge in [0.1, 0.15) is 6.04 Å². The number of carboxylic acids is 1. The smallest absolute Gasteiger partial charge is 0.326 e. The summed E-state index contributed by atoms with van der Waals surface area (Å²) in [5.41, 5.74) is 0.860. The SMILES string of the molecule is CC[C@H](C)[C@H](NC(=O)C(C)c1ccc(Br)cc1)C(=O)O. The Morgan fingerprint density at radius 2 is 1.80 bits per heavy atom. The van der Waals surface area contributed by atoms with Gasteiger partial charge in [-0.3, -0.25) is 4.79 Å². The largest absolute Gasteiger partial charge is 0.480 e. The molecular weight excluding hydrogens is 322 g/mol. The first kappa shape index (κ1) is 16.7. The van der Waals surface area contributed by atoms with Crippen molar-refractivity contribution in [1.29, 1.82) is 0 Å². The Bertz CT molecular complexity index is 473. The molecule has 0 fully saturated rings. The molecule has 1 rings (SSSR count). The van der Waals surface area contributed by atoms with Crippen LogP contribution in [0.1, 0.15) is 38.7 Å². The number of nitrogens with one attached hydrogen (secondary N) is 1. The molecule has 0 saturated carbocycles. The number of rotatable bonds is 6. The van der Waals surface area contributed by atoms with E-state index in [-0.39, 0.29) is 17.7 Å². The Morgan fingerprint density at radius 1 is 1.25 bits per heavy atom. The second-order valence-corrected chi connectivity index (χ2v) is 5.90. The summed E-state index contributed by atoms with van der Waals surface area (Å²) < 4.78 is 0.942. The summed E-state index contributed by atoms with van der Waals surface area (Å²) in [7, 11) is 0. The van der Waals surface area contributed by atoms with Crippen LogP contribution in [0.15, 0.2) is 28.7 Å². The maximum atomic E-state index is 12.2. The predicted octanol–water partition coefficient (Wildman–Crippen LogP) is 3.17. The topological polar surface area (TPSA) is 66.4 Å². The van der Waals surface area contributed by atoms with Crippen LogP contribution in [0.4, 0.5) is 0 Å². The highest BCUT2D eigenvalue weighted by Gasteiger charge is 2.27. The lowest BCUT2D eigenvalue weighted by atomic mass is 9.96. The van der Waals surface area contributed by atoms with E-state index in [4.69, 9.17) is 0 Å². The van der Waals surface area contributed by atoms with Crippen LogP contribution in [-0.4, -0.2) is 23.0 Å². The van der Waals surface area contributed by atoms with Gasteiger partial charge in [0.05, 0.1) is 5.92 Å². The molecule has 0 saturated heterocycles. The third kappa shape index (κ3) is 4.34. The zero-order valence-electron chi connectivity index (χ0n) is 11.9. The molecule has 1 unspecified atom stereocenters. The molecule has 0 bridgehead atoms. The van der Waals surface area contributed by atoms with E-state index in [0.29, 0.717) is 6.42 Å². The molecule has 0 aliphatic heterocycles. The predicted molar refractivity (Wildman–Crippen MR) is 81.6 cm³/mol. The van der Waals surface area contributed by atoms with E-state index in [1.54, 1.807) is 6.92 Å². The zero-order chi connectivity index (χ0) is 15.3. The standard InChI is InChI=1S/C15H20BrNO3/c1-4-9(2)13(15(19)20)17-14(18)10(3)11-5-7-12(16)8-6-11/h5-10,13H,4H2,1-3H3,(H,17,18)(H,19,20)/t9-,10?,13-/m0/s1. The Morgan fingerprint density at radius 3 is 2.25 bits per heavy atom. The van der Waals surface area contributed by atoms with Crippen LogP contribution in [0.3, 0.4) is 0 Å². The molecule has 2 N–H and O–H groups in total. The maximum absolute atomic E-state index is 12.2. The van der Waals surface area contributed by atoms with E-state index < -0.39 is 12.0 Å². The summed E-state index contributed by atoms with van der Waals surface area (Å²) in [4.78, 5) is 23.4. The average Bonchev–Trinajstić information content (AvgIpc) is 2.43. The highest BCUT2D eigenvalue weighted by atomic mass is 79.9. The maximum Gasteiger partial charge on any atom is 0.326 e. The molecule has 3 atom stereocenters. The van der Waals surface area contributed by atoms with E-state index in [9.17, 15) is 14.7 Å². The first-order chi connectivity index (χ1) is 9.36. The third-order valence-electron chi connectivity index (χ3n) is 3.54. The molecule has 110 valence electrons. The summed E-state index contributed by atoms with van der Waals surface area (Å²) >= 11 is 3.34. The Balaban J connectivity index is 2.78. The number of halogens is 1. The molecule has 0 aliphatic carbocycles. The van der Waals surface area contributed by atoms with Gasteiger partial charge >= 0.3 is 5.97 Å². The zero-order valence-corrected chi connectivity index (χ0v) is 13.5. The second-order valence-electron chi connectivity index (χ2n) is 4.98. The third-order valence-corrected chi connectivity index (χ3v) is 4.07. The van der Waals surface area contributed by atoms with Crippen LogP contribution >= 0.6 is 15.9 Å². The number of benzene rings is 1. The van der Waals surface area contributed by atoms with Crippen LogP contribution < -0.4 is 5.32 Å². The van der Waals surface area contributed by atoms with Crippen molar-refractivity contribution in [3.8, 4) is 0 Å². The minimum atomic E-state index is -0.990. The van der Waals surface area contributed by atoms with E-state index >= 15 is 0 Å². The van der Waals surface area contributed by atoms with E-state index in [0.717, 1.165) is 10.0 Å². The van der Waals surface area contributed by atoms with Crippen molar-refractivity contribution in [1.82, 2.24) is 5.32 Å². The molecule has 1 aromatic carbocycles. The van der Waals surface area contributed by atoms with Crippen molar-refractivity contribution < 1.29 is 14.7 Å². The number of aliphatic carboxylic acids is 1. The van der Waals surface area contributed by atoms with Gasteiger partial charge in [-0.2, -0.15) is 0 Å². The molecule has 0 spiro atoms. The summed E-state index contributed by atoms with van der Waals surface area (Å²) in [6.45, 7) is 5.50. The van der Waals surface area contributed by atoms with Gasteiger partial charge in [0.15, 0.2) is 0 Å². The van der Waals surface area contributed by atoms with Gasteiger partial charge in [-0.25, -0.2) is 4.79 Å². The normalized spacial score (nSPS) is 15.2. The first-order valence-electron chi connectivity index (χ1n) is 6.65. The van der Waals surface area contributed by atoms with Gasteiger partial charge in [0.25, 0.3) is 0 Å². The number of amides is 1. The van der Waals surface area contributed by atoms with Crippen LogP contribution in [0.5, 0.6) is 0 Å². The van der Waals surface area contributed by atoms with Crippen molar-refractivity contribution >= 4 is 27.8 Å². The summed E-state index contributed by atoms with van der Waals surface area (Å²) in [6, 6.07) is 6.59. The van der Waals surface area contributed by atoms with E-state index in [2.05, 4.69) is 21.2 Å². The molecule has 0 heterocycles. The average molecular weight is 342 g/mol. The Hall–Kier alpha value is -1.36. The van der Waals surface area contributed by atoms with Crippen molar-refractivity contribution in [3.05, 3.63) is 34.3 Å². The second kappa shape index (κ2) is 7.43.